The van der Waals surface area contributed by atoms with Crippen molar-refractivity contribution in [3.05, 3.63) is 35.0 Å². The van der Waals surface area contributed by atoms with E-state index < -0.39 is 5.97 Å². The van der Waals surface area contributed by atoms with Gasteiger partial charge in [0.05, 0.1) is 5.56 Å². The highest BCUT2D eigenvalue weighted by atomic mass is 16.4. The number of carboxylic acid groups (broad SMARTS) is 1. The van der Waals surface area contributed by atoms with E-state index in [9.17, 15) is 9.90 Å². The van der Waals surface area contributed by atoms with E-state index in [2.05, 4.69) is 0 Å². The number of nitrogens with zero attached hydrogens (tertiary/aromatic N) is 1. The molecule has 4 nitrogen and oxygen atoms in total. The van der Waals surface area contributed by atoms with E-state index in [0.717, 1.165) is 22.0 Å². The van der Waals surface area contributed by atoms with Gasteiger partial charge in [-0.3, -0.25) is 0 Å². The van der Waals surface area contributed by atoms with Gasteiger partial charge in [0.15, 0.2) is 0 Å². The van der Waals surface area contributed by atoms with Crippen molar-refractivity contribution < 1.29 is 15.0 Å². The molecule has 0 aliphatic carbocycles. The summed E-state index contributed by atoms with van der Waals surface area (Å²) in [6.07, 6.45) is 2.28. The third kappa shape index (κ3) is 2.11. The standard InChI is InChI=1S/C14H17NO3/c1-9-6-11-12(14(17)18)8-15(4-3-5-16)13(11)7-10(9)2/h6-8,16H,3-5H2,1-2H3,(H,17,18). The minimum absolute atomic E-state index is 0.104. The van der Waals surface area contributed by atoms with Crippen LogP contribution >= 0.6 is 0 Å². The van der Waals surface area contributed by atoms with Crippen LogP contribution in [0, 0.1) is 13.8 Å². The zero-order chi connectivity index (χ0) is 13.3. The van der Waals surface area contributed by atoms with Gasteiger partial charge < -0.3 is 14.8 Å². The summed E-state index contributed by atoms with van der Waals surface area (Å²) in [6.45, 7) is 4.72. The maximum absolute atomic E-state index is 11.2. The molecule has 2 N–H and O–H groups in total. The number of rotatable bonds is 4. The average Bonchev–Trinajstić information content (AvgIpc) is 2.66. The smallest absolute Gasteiger partial charge is 0.337 e. The molecule has 0 bridgehead atoms. The van der Waals surface area contributed by atoms with Crippen LogP contribution in [-0.2, 0) is 6.54 Å². The molecule has 18 heavy (non-hydrogen) atoms. The monoisotopic (exact) mass is 247 g/mol. The molecule has 4 heteroatoms. The van der Waals surface area contributed by atoms with Crippen molar-refractivity contribution in [2.75, 3.05) is 6.61 Å². The lowest BCUT2D eigenvalue weighted by atomic mass is 10.1. The number of carbonyl (C=O) groups is 1. The first kappa shape index (κ1) is 12.6. The highest BCUT2D eigenvalue weighted by Gasteiger charge is 2.14. The minimum atomic E-state index is -0.911. The van der Waals surface area contributed by atoms with Crippen LogP contribution in [0.3, 0.4) is 0 Å². The van der Waals surface area contributed by atoms with E-state index in [1.54, 1.807) is 6.20 Å². The summed E-state index contributed by atoms with van der Waals surface area (Å²) in [5.74, 6) is -0.911. The van der Waals surface area contributed by atoms with Gasteiger partial charge in [0, 0.05) is 30.3 Å². The molecule has 2 aromatic rings. The molecule has 0 saturated heterocycles. The van der Waals surface area contributed by atoms with E-state index in [0.29, 0.717) is 18.5 Å². The van der Waals surface area contributed by atoms with Gasteiger partial charge >= 0.3 is 5.97 Å². The summed E-state index contributed by atoms with van der Waals surface area (Å²) >= 11 is 0. The molecule has 0 atom stereocenters. The first-order chi connectivity index (χ1) is 8.54. The van der Waals surface area contributed by atoms with Crippen LogP contribution in [0.4, 0.5) is 0 Å². The Balaban J connectivity index is 2.64. The van der Waals surface area contributed by atoms with Gasteiger partial charge in [-0.15, -0.1) is 0 Å². The predicted octanol–water partition coefficient (Wildman–Crippen LogP) is 2.34. The molecule has 1 heterocycles. The lowest BCUT2D eigenvalue weighted by molar-refractivity contribution is 0.0699. The summed E-state index contributed by atoms with van der Waals surface area (Å²) in [7, 11) is 0. The molecule has 0 spiro atoms. The van der Waals surface area contributed by atoms with Gasteiger partial charge in [-0.2, -0.15) is 0 Å². The molecule has 96 valence electrons. The van der Waals surface area contributed by atoms with Crippen molar-refractivity contribution in [3.8, 4) is 0 Å². The quantitative estimate of drug-likeness (QED) is 0.871. The number of aliphatic hydroxyl groups excluding tert-OH is 1. The molecule has 0 amide bonds. The van der Waals surface area contributed by atoms with Crippen molar-refractivity contribution in [1.29, 1.82) is 0 Å². The molecule has 0 fully saturated rings. The van der Waals surface area contributed by atoms with Crippen LogP contribution in [-0.4, -0.2) is 27.4 Å². The van der Waals surface area contributed by atoms with Gasteiger partial charge in [0.25, 0.3) is 0 Å². The Morgan fingerprint density at radius 2 is 1.94 bits per heavy atom. The molecule has 0 aliphatic rings. The number of aryl methyl sites for hydroxylation is 3. The van der Waals surface area contributed by atoms with Crippen LogP contribution in [0.2, 0.25) is 0 Å². The number of aromatic nitrogens is 1. The number of carboxylic acids is 1. The number of aliphatic hydroxyl groups is 1. The van der Waals surface area contributed by atoms with E-state index >= 15 is 0 Å². The fraction of sp³-hybridized carbons (Fsp3) is 0.357. The van der Waals surface area contributed by atoms with E-state index in [1.165, 1.54) is 0 Å². The van der Waals surface area contributed by atoms with Gasteiger partial charge in [0.2, 0.25) is 0 Å². The van der Waals surface area contributed by atoms with Gasteiger partial charge in [-0.25, -0.2) is 4.79 Å². The van der Waals surface area contributed by atoms with Crippen molar-refractivity contribution in [2.24, 2.45) is 0 Å². The first-order valence-corrected chi connectivity index (χ1v) is 5.99. The highest BCUT2D eigenvalue weighted by molar-refractivity contribution is 6.03. The largest absolute Gasteiger partial charge is 0.478 e. The molecule has 1 aromatic heterocycles. The summed E-state index contributed by atoms with van der Waals surface area (Å²) in [5, 5.41) is 18.9. The van der Waals surface area contributed by atoms with E-state index in [4.69, 9.17) is 5.11 Å². The van der Waals surface area contributed by atoms with Gasteiger partial charge in [-0.1, -0.05) is 0 Å². The number of fused-ring (bicyclic) bond motifs is 1. The Morgan fingerprint density at radius 3 is 2.56 bits per heavy atom. The van der Waals surface area contributed by atoms with Crippen LogP contribution in [0.5, 0.6) is 0 Å². The Bertz CT molecular complexity index is 599. The molecule has 2 rings (SSSR count). The Labute approximate surface area is 105 Å². The Kier molecular flexibility index (Phi) is 3.39. The zero-order valence-corrected chi connectivity index (χ0v) is 10.6. The topological polar surface area (TPSA) is 62.5 Å². The third-order valence-corrected chi connectivity index (χ3v) is 3.28. The van der Waals surface area contributed by atoms with Crippen LogP contribution in [0.15, 0.2) is 18.3 Å². The van der Waals surface area contributed by atoms with Crippen molar-refractivity contribution in [2.45, 2.75) is 26.8 Å². The van der Waals surface area contributed by atoms with E-state index in [1.807, 2.05) is 30.5 Å². The highest BCUT2D eigenvalue weighted by Crippen LogP contribution is 2.25. The van der Waals surface area contributed by atoms with Crippen molar-refractivity contribution in [3.63, 3.8) is 0 Å². The summed E-state index contributed by atoms with van der Waals surface area (Å²) in [5.41, 5.74) is 3.47. The normalized spacial score (nSPS) is 11.1. The fourth-order valence-electron chi connectivity index (χ4n) is 2.15. The molecule has 0 aliphatic heterocycles. The summed E-state index contributed by atoms with van der Waals surface area (Å²) < 4.78 is 1.90. The second-order valence-corrected chi connectivity index (χ2v) is 4.57. The maximum Gasteiger partial charge on any atom is 0.337 e. The number of hydrogen-bond donors (Lipinski definition) is 2. The van der Waals surface area contributed by atoms with Crippen LogP contribution in [0.25, 0.3) is 10.9 Å². The van der Waals surface area contributed by atoms with Crippen molar-refractivity contribution >= 4 is 16.9 Å². The second-order valence-electron chi connectivity index (χ2n) is 4.57. The molecule has 0 unspecified atom stereocenters. The fourth-order valence-corrected chi connectivity index (χ4v) is 2.15. The third-order valence-electron chi connectivity index (χ3n) is 3.28. The van der Waals surface area contributed by atoms with Gasteiger partial charge in [-0.05, 0) is 43.5 Å². The molecule has 0 saturated carbocycles. The van der Waals surface area contributed by atoms with Crippen LogP contribution in [0.1, 0.15) is 27.9 Å². The number of hydrogen-bond acceptors (Lipinski definition) is 2. The summed E-state index contributed by atoms with van der Waals surface area (Å²) in [6, 6.07) is 3.93. The first-order valence-electron chi connectivity index (χ1n) is 5.99. The summed E-state index contributed by atoms with van der Waals surface area (Å²) in [4.78, 5) is 11.2. The SMILES string of the molecule is Cc1cc2c(C(=O)O)cn(CCCO)c2cc1C. The molecular formula is C14H17NO3. The molecule has 1 aromatic carbocycles. The van der Waals surface area contributed by atoms with Crippen LogP contribution < -0.4 is 0 Å². The van der Waals surface area contributed by atoms with Crippen molar-refractivity contribution in [1.82, 2.24) is 4.57 Å². The maximum atomic E-state index is 11.2. The predicted molar refractivity (Wildman–Crippen MR) is 70.1 cm³/mol. The number of benzene rings is 1. The van der Waals surface area contributed by atoms with Gasteiger partial charge in [0.1, 0.15) is 0 Å². The zero-order valence-electron chi connectivity index (χ0n) is 10.6. The Hall–Kier alpha value is -1.81. The Morgan fingerprint density at radius 1 is 1.28 bits per heavy atom. The average molecular weight is 247 g/mol. The second kappa shape index (κ2) is 4.82. The number of aromatic carboxylic acids is 1. The minimum Gasteiger partial charge on any atom is -0.478 e. The molecule has 0 radical (unpaired) electrons. The van der Waals surface area contributed by atoms with E-state index in [-0.39, 0.29) is 6.61 Å². The molecular weight excluding hydrogens is 230 g/mol. The lowest BCUT2D eigenvalue weighted by Crippen LogP contribution is -1.99. The lowest BCUT2D eigenvalue weighted by Gasteiger charge is -2.06.